The van der Waals surface area contributed by atoms with Gasteiger partial charge in [0.05, 0.1) is 29.9 Å². The summed E-state index contributed by atoms with van der Waals surface area (Å²) in [5.41, 5.74) is 0.812. The number of carbonyl (C=O) groups excluding carboxylic acids is 3. The van der Waals surface area contributed by atoms with Gasteiger partial charge in [-0.05, 0) is 43.0 Å². The maximum atomic E-state index is 13.0. The van der Waals surface area contributed by atoms with Gasteiger partial charge in [0.2, 0.25) is 5.91 Å². The summed E-state index contributed by atoms with van der Waals surface area (Å²) in [7, 11) is 3.09. The molecule has 2 aromatic carbocycles. The molecule has 1 aliphatic heterocycles. The van der Waals surface area contributed by atoms with Crippen LogP contribution >= 0.6 is 11.6 Å². The molecule has 1 aliphatic rings. The first-order valence-electron chi connectivity index (χ1n) is 11.2. The molecule has 0 unspecified atom stereocenters. The standard InChI is InChI=1S/C25H30ClN3O5/c1-33-16-13-27-24(31)22(28-23(30)18-7-3-5-9-20(18)26)17-11-14-29(15-12-17)25(32)19-8-4-6-10-21(19)34-2/h3-10,17,22H,11-16H2,1-2H3,(H,27,31)(H,28,30)/t22-/m0/s1. The number of piperidine rings is 1. The van der Waals surface area contributed by atoms with E-state index in [-0.39, 0.29) is 17.7 Å². The van der Waals surface area contributed by atoms with Crippen molar-refractivity contribution in [2.75, 3.05) is 40.5 Å². The largest absolute Gasteiger partial charge is 0.496 e. The summed E-state index contributed by atoms with van der Waals surface area (Å²) in [4.78, 5) is 40.7. The Morgan fingerprint density at radius 1 is 1.03 bits per heavy atom. The fourth-order valence-corrected chi connectivity index (χ4v) is 4.30. The molecule has 1 atom stereocenters. The lowest BCUT2D eigenvalue weighted by Gasteiger charge is -2.36. The van der Waals surface area contributed by atoms with Crippen molar-refractivity contribution < 1.29 is 23.9 Å². The number of rotatable bonds is 9. The average molecular weight is 488 g/mol. The van der Waals surface area contributed by atoms with E-state index in [0.29, 0.717) is 61.0 Å². The van der Waals surface area contributed by atoms with Gasteiger partial charge in [0.25, 0.3) is 11.8 Å². The van der Waals surface area contributed by atoms with Crippen molar-refractivity contribution in [2.24, 2.45) is 5.92 Å². The molecule has 34 heavy (non-hydrogen) atoms. The molecule has 3 amide bonds. The van der Waals surface area contributed by atoms with Crippen LogP contribution in [0.4, 0.5) is 0 Å². The minimum absolute atomic E-state index is 0.114. The van der Waals surface area contributed by atoms with Gasteiger partial charge >= 0.3 is 0 Å². The van der Waals surface area contributed by atoms with Gasteiger partial charge in [0.15, 0.2) is 0 Å². The Hall–Kier alpha value is -3.10. The van der Waals surface area contributed by atoms with Gasteiger partial charge in [-0.1, -0.05) is 35.9 Å². The van der Waals surface area contributed by atoms with Crippen molar-refractivity contribution in [2.45, 2.75) is 18.9 Å². The van der Waals surface area contributed by atoms with Gasteiger partial charge in [-0.3, -0.25) is 14.4 Å². The quantitative estimate of drug-likeness (QED) is 0.530. The molecule has 1 saturated heterocycles. The zero-order chi connectivity index (χ0) is 24.5. The summed E-state index contributed by atoms with van der Waals surface area (Å²) in [6, 6.07) is 13.1. The maximum absolute atomic E-state index is 13.0. The van der Waals surface area contributed by atoms with Crippen LogP contribution < -0.4 is 15.4 Å². The molecule has 0 bridgehead atoms. The Bertz CT molecular complexity index is 1010. The first-order chi connectivity index (χ1) is 16.5. The van der Waals surface area contributed by atoms with Crippen molar-refractivity contribution >= 4 is 29.3 Å². The molecule has 0 aliphatic carbocycles. The maximum Gasteiger partial charge on any atom is 0.257 e. The van der Waals surface area contributed by atoms with E-state index < -0.39 is 11.9 Å². The number of halogens is 1. The highest BCUT2D eigenvalue weighted by atomic mass is 35.5. The predicted molar refractivity (Wildman–Crippen MR) is 129 cm³/mol. The van der Waals surface area contributed by atoms with Crippen molar-refractivity contribution in [3.8, 4) is 5.75 Å². The van der Waals surface area contributed by atoms with E-state index in [0.717, 1.165) is 0 Å². The fourth-order valence-electron chi connectivity index (χ4n) is 4.08. The second-order valence-corrected chi connectivity index (χ2v) is 8.45. The van der Waals surface area contributed by atoms with Crippen LogP contribution in [0.1, 0.15) is 33.6 Å². The molecule has 8 nitrogen and oxygen atoms in total. The predicted octanol–water partition coefficient (Wildman–Crippen LogP) is 2.76. The molecule has 1 fully saturated rings. The summed E-state index contributed by atoms with van der Waals surface area (Å²) >= 11 is 6.17. The molecule has 1 heterocycles. The zero-order valence-corrected chi connectivity index (χ0v) is 20.1. The molecule has 0 saturated carbocycles. The average Bonchev–Trinajstić information content (AvgIpc) is 2.87. The smallest absolute Gasteiger partial charge is 0.257 e. The molecule has 0 spiro atoms. The summed E-state index contributed by atoms with van der Waals surface area (Å²) < 4.78 is 10.3. The Kier molecular flexibility index (Phi) is 9.30. The summed E-state index contributed by atoms with van der Waals surface area (Å²) in [5, 5.41) is 6.00. The van der Waals surface area contributed by atoms with E-state index in [1.165, 1.54) is 7.11 Å². The van der Waals surface area contributed by atoms with Crippen LogP contribution in [0.3, 0.4) is 0 Å². The van der Waals surface area contributed by atoms with Gasteiger partial charge in [-0.15, -0.1) is 0 Å². The van der Waals surface area contributed by atoms with E-state index in [1.807, 2.05) is 6.07 Å². The number of methoxy groups -OCH3 is 2. The van der Waals surface area contributed by atoms with Crippen molar-refractivity contribution in [3.05, 3.63) is 64.7 Å². The number of amides is 3. The monoisotopic (exact) mass is 487 g/mol. The third-order valence-electron chi connectivity index (χ3n) is 5.93. The molecule has 0 aromatic heterocycles. The fraction of sp³-hybridized carbons (Fsp3) is 0.400. The highest BCUT2D eigenvalue weighted by molar-refractivity contribution is 6.33. The van der Waals surface area contributed by atoms with E-state index in [4.69, 9.17) is 21.1 Å². The molecular formula is C25H30ClN3O5. The van der Waals surface area contributed by atoms with E-state index >= 15 is 0 Å². The molecule has 2 N–H and O–H groups in total. The van der Waals surface area contributed by atoms with Crippen molar-refractivity contribution in [1.29, 1.82) is 0 Å². The Morgan fingerprint density at radius 2 is 1.68 bits per heavy atom. The highest BCUT2D eigenvalue weighted by Crippen LogP contribution is 2.26. The first kappa shape index (κ1) is 25.5. The van der Waals surface area contributed by atoms with Gasteiger partial charge in [0, 0.05) is 26.7 Å². The number of nitrogens with one attached hydrogen (secondary N) is 2. The molecular weight excluding hydrogens is 458 g/mol. The van der Waals surface area contributed by atoms with E-state index in [2.05, 4.69) is 10.6 Å². The van der Waals surface area contributed by atoms with Crippen LogP contribution in [0, 0.1) is 5.92 Å². The van der Waals surface area contributed by atoms with Crippen LogP contribution in [0.2, 0.25) is 5.02 Å². The third kappa shape index (κ3) is 6.27. The lowest BCUT2D eigenvalue weighted by molar-refractivity contribution is -0.124. The van der Waals surface area contributed by atoms with Crippen LogP contribution in [-0.4, -0.2) is 69.1 Å². The minimum atomic E-state index is -0.760. The van der Waals surface area contributed by atoms with Crippen LogP contribution in [0.15, 0.2) is 48.5 Å². The summed E-state index contributed by atoms with van der Waals surface area (Å²) in [6.07, 6.45) is 1.12. The van der Waals surface area contributed by atoms with E-state index in [1.54, 1.807) is 54.5 Å². The number of benzene rings is 2. The van der Waals surface area contributed by atoms with Crippen molar-refractivity contribution in [3.63, 3.8) is 0 Å². The Balaban J connectivity index is 1.70. The topological polar surface area (TPSA) is 97.0 Å². The molecule has 2 aromatic rings. The van der Waals surface area contributed by atoms with Gasteiger partial charge in [0.1, 0.15) is 11.8 Å². The number of carbonyl (C=O) groups is 3. The lowest BCUT2D eigenvalue weighted by Crippen LogP contribution is -2.54. The van der Waals surface area contributed by atoms with Crippen LogP contribution in [-0.2, 0) is 9.53 Å². The lowest BCUT2D eigenvalue weighted by atomic mass is 9.88. The van der Waals surface area contributed by atoms with Crippen LogP contribution in [0.5, 0.6) is 5.75 Å². The molecule has 3 rings (SSSR count). The number of para-hydroxylation sites is 1. The zero-order valence-electron chi connectivity index (χ0n) is 19.4. The molecule has 182 valence electrons. The minimum Gasteiger partial charge on any atom is -0.496 e. The summed E-state index contributed by atoms with van der Waals surface area (Å²) in [6.45, 7) is 1.62. The summed E-state index contributed by atoms with van der Waals surface area (Å²) in [5.74, 6) is -0.429. The van der Waals surface area contributed by atoms with Gasteiger partial charge in [-0.2, -0.15) is 0 Å². The number of nitrogens with zero attached hydrogens (tertiary/aromatic N) is 1. The highest BCUT2D eigenvalue weighted by Gasteiger charge is 2.34. The second-order valence-electron chi connectivity index (χ2n) is 8.04. The van der Waals surface area contributed by atoms with Gasteiger partial charge in [-0.25, -0.2) is 0 Å². The van der Waals surface area contributed by atoms with Crippen molar-refractivity contribution in [1.82, 2.24) is 15.5 Å². The Labute approximate surface area is 204 Å². The SMILES string of the molecule is COCCNC(=O)[C@@H](NC(=O)c1ccccc1Cl)C1CCN(C(=O)c2ccccc2OC)CC1. The van der Waals surface area contributed by atoms with Gasteiger partial charge < -0.3 is 25.0 Å². The number of hydrogen-bond donors (Lipinski definition) is 2. The van der Waals surface area contributed by atoms with Crippen LogP contribution in [0.25, 0.3) is 0 Å². The van der Waals surface area contributed by atoms with E-state index in [9.17, 15) is 14.4 Å². The first-order valence-corrected chi connectivity index (χ1v) is 11.6. The normalized spacial score (nSPS) is 14.9. The number of likely N-dealkylation sites (tertiary alicyclic amines) is 1. The third-order valence-corrected chi connectivity index (χ3v) is 6.26. The second kappa shape index (κ2) is 12.4. The molecule has 9 heteroatoms. The Morgan fingerprint density at radius 3 is 2.32 bits per heavy atom. The molecule has 0 radical (unpaired) electrons. The number of ether oxygens (including phenoxy) is 2. The number of hydrogen-bond acceptors (Lipinski definition) is 5.